The molecule has 3 nitrogen and oxygen atoms in total. The van der Waals surface area contributed by atoms with Gasteiger partial charge < -0.3 is 10.8 Å². The van der Waals surface area contributed by atoms with Crippen molar-refractivity contribution in [2.45, 2.75) is 13.3 Å². The molecular weight excluding hydrogens is 202 g/mol. The van der Waals surface area contributed by atoms with Gasteiger partial charge in [0, 0.05) is 6.42 Å². The van der Waals surface area contributed by atoms with Gasteiger partial charge in [0.2, 0.25) is 0 Å². The molecule has 0 radical (unpaired) electrons. The van der Waals surface area contributed by atoms with Crippen LogP contribution in [0.15, 0.2) is 12.1 Å². The first-order valence-electron chi connectivity index (χ1n) is 4.28. The van der Waals surface area contributed by atoms with Crippen LogP contribution in [0.4, 0.5) is 0 Å². The van der Waals surface area contributed by atoms with E-state index < -0.39 is 0 Å². The van der Waals surface area contributed by atoms with Crippen molar-refractivity contribution < 1.29 is 9.90 Å². The van der Waals surface area contributed by atoms with E-state index in [9.17, 15) is 9.90 Å². The minimum atomic E-state index is -0.227. The smallest absolute Gasteiger partial charge is 0.169 e. The summed E-state index contributed by atoms with van der Waals surface area (Å²) >= 11 is 5.84. The molecule has 0 saturated heterocycles. The van der Waals surface area contributed by atoms with Gasteiger partial charge in [0.1, 0.15) is 5.75 Å². The van der Waals surface area contributed by atoms with Crippen molar-refractivity contribution in [2.24, 2.45) is 5.73 Å². The Bertz CT molecular complexity index is 340. The quantitative estimate of drug-likeness (QED) is 0.754. The number of hydrogen-bond acceptors (Lipinski definition) is 3. The minimum absolute atomic E-state index is 0.0755. The van der Waals surface area contributed by atoms with Crippen LogP contribution in [-0.2, 0) is 0 Å². The number of aromatic hydroxyl groups is 1. The van der Waals surface area contributed by atoms with Crippen LogP contribution in [0.5, 0.6) is 5.75 Å². The van der Waals surface area contributed by atoms with Gasteiger partial charge in [-0.1, -0.05) is 11.6 Å². The first kappa shape index (κ1) is 11.0. The Kier molecular flexibility index (Phi) is 3.49. The summed E-state index contributed by atoms with van der Waals surface area (Å²) in [6.45, 7) is 2.05. The number of phenols is 1. The van der Waals surface area contributed by atoms with E-state index in [0.717, 1.165) is 5.56 Å². The number of ketones is 1. The third kappa shape index (κ3) is 2.25. The third-order valence-corrected chi connectivity index (χ3v) is 2.16. The van der Waals surface area contributed by atoms with Gasteiger partial charge in [-0.25, -0.2) is 0 Å². The molecule has 4 heteroatoms. The summed E-state index contributed by atoms with van der Waals surface area (Å²) in [5, 5.41) is 9.80. The monoisotopic (exact) mass is 213 g/mol. The van der Waals surface area contributed by atoms with E-state index >= 15 is 0 Å². The predicted molar refractivity (Wildman–Crippen MR) is 55.9 cm³/mol. The first-order chi connectivity index (χ1) is 6.56. The number of hydrogen-bond donors (Lipinski definition) is 2. The molecule has 1 rings (SSSR count). The molecule has 1 aromatic rings. The van der Waals surface area contributed by atoms with E-state index in [2.05, 4.69) is 0 Å². The van der Waals surface area contributed by atoms with E-state index in [-0.39, 0.29) is 35.1 Å². The van der Waals surface area contributed by atoms with E-state index in [1.807, 2.05) is 0 Å². The number of phenolic OH excluding ortho intramolecular Hbond substituents is 1. The fourth-order valence-corrected chi connectivity index (χ4v) is 1.63. The van der Waals surface area contributed by atoms with Gasteiger partial charge in [0.05, 0.1) is 10.6 Å². The van der Waals surface area contributed by atoms with Crippen LogP contribution in [0.3, 0.4) is 0 Å². The Hall–Kier alpha value is -1.06. The second kappa shape index (κ2) is 4.44. The van der Waals surface area contributed by atoms with Crippen molar-refractivity contribution in [3.63, 3.8) is 0 Å². The topological polar surface area (TPSA) is 63.3 Å². The molecule has 1 aromatic carbocycles. The van der Waals surface area contributed by atoms with Gasteiger partial charge in [0.15, 0.2) is 5.78 Å². The van der Waals surface area contributed by atoms with Crippen LogP contribution >= 0.6 is 11.6 Å². The molecule has 3 N–H and O–H groups in total. The summed E-state index contributed by atoms with van der Waals surface area (Å²) in [5.74, 6) is -0.302. The second-order valence-corrected chi connectivity index (χ2v) is 3.51. The Balaban J connectivity index is 3.14. The van der Waals surface area contributed by atoms with E-state index in [0.29, 0.717) is 0 Å². The summed E-state index contributed by atoms with van der Waals surface area (Å²) in [5.41, 5.74) is 6.24. The zero-order valence-corrected chi connectivity index (χ0v) is 8.64. The van der Waals surface area contributed by atoms with Crippen LogP contribution < -0.4 is 5.73 Å². The maximum atomic E-state index is 11.5. The van der Waals surface area contributed by atoms with E-state index in [1.165, 1.54) is 6.07 Å². The first-order valence-corrected chi connectivity index (χ1v) is 4.66. The second-order valence-electron chi connectivity index (χ2n) is 3.10. The minimum Gasteiger partial charge on any atom is -0.507 e. The van der Waals surface area contributed by atoms with E-state index in [4.69, 9.17) is 17.3 Å². The standard InChI is InChI=1S/C10H12ClNO2/c1-6-4-7(11)10(9(14)5-6)8(13)2-3-12/h4-5,14H,2-3,12H2,1H3. The molecule has 0 aliphatic rings. The van der Waals surface area contributed by atoms with Gasteiger partial charge >= 0.3 is 0 Å². The summed E-state index contributed by atoms with van der Waals surface area (Å²) in [6.07, 6.45) is 0.191. The fourth-order valence-electron chi connectivity index (χ4n) is 1.26. The van der Waals surface area contributed by atoms with Crippen LogP contribution in [-0.4, -0.2) is 17.4 Å². The van der Waals surface area contributed by atoms with Crippen molar-refractivity contribution in [2.75, 3.05) is 6.54 Å². The lowest BCUT2D eigenvalue weighted by molar-refractivity contribution is 0.0983. The van der Waals surface area contributed by atoms with Crippen molar-refractivity contribution in [1.82, 2.24) is 0 Å². The average Bonchev–Trinajstić information content (AvgIpc) is 2.01. The van der Waals surface area contributed by atoms with Gasteiger partial charge in [-0.2, -0.15) is 0 Å². The van der Waals surface area contributed by atoms with Gasteiger partial charge in [-0.15, -0.1) is 0 Å². The normalized spacial score (nSPS) is 10.2. The summed E-state index contributed by atoms with van der Waals surface area (Å²) < 4.78 is 0. The Morgan fingerprint density at radius 1 is 1.57 bits per heavy atom. The van der Waals surface area contributed by atoms with Crippen molar-refractivity contribution in [1.29, 1.82) is 0 Å². The molecule has 0 atom stereocenters. The lowest BCUT2D eigenvalue weighted by Gasteiger charge is -2.06. The number of nitrogens with two attached hydrogens (primary N) is 1. The summed E-state index contributed by atoms with van der Waals surface area (Å²) in [7, 11) is 0. The third-order valence-electron chi connectivity index (χ3n) is 1.86. The number of rotatable bonds is 3. The molecule has 0 unspecified atom stereocenters. The molecule has 14 heavy (non-hydrogen) atoms. The van der Waals surface area contributed by atoms with Crippen LogP contribution in [0, 0.1) is 6.92 Å². The molecule has 0 aliphatic heterocycles. The highest BCUT2D eigenvalue weighted by atomic mass is 35.5. The lowest BCUT2D eigenvalue weighted by Crippen LogP contribution is -2.09. The van der Waals surface area contributed by atoms with Crippen molar-refractivity contribution in [3.05, 3.63) is 28.3 Å². The molecule has 0 fully saturated rings. The largest absolute Gasteiger partial charge is 0.507 e. The summed E-state index contributed by atoms with van der Waals surface area (Å²) in [4.78, 5) is 11.5. The zero-order valence-electron chi connectivity index (χ0n) is 7.88. The summed E-state index contributed by atoms with van der Waals surface area (Å²) in [6, 6.07) is 3.15. The van der Waals surface area contributed by atoms with Gasteiger partial charge in [0.25, 0.3) is 0 Å². The van der Waals surface area contributed by atoms with Crippen LogP contribution in [0.1, 0.15) is 22.3 Å². The molecular formula is C10H12ClNO2. The highest BCUT2D eigenvalue weighted by molar-refractivity contribution is 6.34. The maximum Gasteiger partial charge on any atom is 0.169 e. The number of Topliss-reactive ketones (excluding diaryl/α,β-unsaturated/α-hetero) is 1. The fraction of sp³-hybridized carbons (Fsp3) is 0.300. The molecule has 0 amide bonds. The maximum absolute atomic E-state index is 11.5. The van der Waals surface area contributed by atoms with Crippen LogP contribution in [0.25, 0.3) is 0 Å². The van der Waals surface area contributed by atoms with Crippen LogP contribution in [0.2, 0.25) is 5.02 Å². The zero-order chi connectivity index (χ0) is 10.7. The average molecular weight is 214 g/mol. The lowest BCUT2D eigenvalue weighted by atomic mass is 10.0. The van der Waals surface area contributed by atoms with Crippen molar-refractivity contribution >= 4 is 17.4 Å². The molecule has 76 valence electrons. The Morgan fingerprint density at radius 2 is 2.21 bits per heavy atom. The number of aryl methyl sites for hydroxylation is 1. The molecule has 0 aromatic heterocycles. The predicted octanol–water partition coefficient (Wildman–Crippen LogP) is 1.89. The highest BCUT2D eigenvalue weighted by Crippen LogP contribution is 2.28. The SMILES string of the molecule is Cc1cc(O)c(C(=O)CCN)c(Cl)c1. The molecule has 0 saturated carbocycles. The molecule has 0 bridgehead atoms. The molecule has 0 spiro atoms. The molecule has 0 aliphatic carbocycles. The van der Waals surface area contributed by atoms with Gasteiger partial charge in [-0.05, 0) is 31.2 Å². The Morgan fingerprint density at radius 3 is 2.71 bits per heavy atom. The number of carbonyl (C=O) groups excluding carboxylic acids is 1. The highest BCUT2D eigenvalue weighted by Gasteiger charge is 2.14. The van der Waals surface area contributed by atoms with Gasteiger partial charge in [-0.3, -0.25) is 4.79 Å². The Labute approximate surface area is 87.5 Å². The number of halogens is 1. The molecule has 0 heterocycles. The van der Waals surface area contributed by atoms with E-state index in [1.54, 1.807) is 13.0 Å². The number of benzene rings is 1. The van der Waals surface area contributed by atoms with Crippen molar-refractivity contribution in [3.8, 4) is 5.75 Å². The number of carbonyl (C=O) groups is 1.